The van der Waals surface area contributed by atoms with Crippen molar-refractivity contribution >= 4 is 35.8 Å². The molecular weight excluding hydrogens is 505 g/mol. The predicted octanol–water partition coefficient (Wildman–Crippen LogP) is 2.44. The molecule has 1 saturated heterocycles. The van der Waals surface area contributed by atoms with Gasteiger partial charge in [-0.25, -0.2) is 0 Å². The van der Waals surface area contributed by atoms with Gasteiger partial charge in [-0.05, 0) is 49.3 Å². The molecular formula is C23H38IN5O2. The molecule has 1 unspecified atom stereocenters. The molecule has 1 aromatic carbocycles. The molecule has 7 nitrogen and oxygen atoms in total. The van der Waals surface area contributed by atoms with Crippen molar-refractivity contribution in [2.75, 3.05) is 46.9 Å². The minimum absolute atomic E-state index is 0. The third-order valence-electron chi connectivity index (χ3n) is 5.95. The Kier molecular flexibility index (Phi) is 11.0. The van der Waals surface area contributed by atoms with Gasteiger partial charge in [-0.3, -0.25) is 14.7 Å². The number of nitrogens with one attached hydrogen (secondary N) is 1. The molecule has 0 aromatic heterocycles. The second kappa shape index (κ2) is 13.2. The zero-order valence-electron chi connectivity index (χ0n) is 18.9. The predicted molar refractivity (Wildman–Crippen MR) is 135 cm³/mol. The molecule has 1 aliphatic carbocycles. The smallest absolute Gasteiger partial charge is 0.221 e. The van der Waals surface area contributed by atoms with Gasteiger partial charge in [0.2, 0.25) is 5.91 Å². The second-order valence-electron chi connectivity index (χ2n) is 8.64. The topological polar surface area (TPSA) is 83.2 Å². The van der Waals surface area contributed by atoms with Crippen molar-refractivity contribution in [1.82, 2.24) is 15.1 Å². The number of likely N-dealkylation sites (tertiary alicyclic amines) is 1. The number of primary amides is 1. The van der Waals surface area contributed by atoms with Gasteiger partial charge in [-0.1, -0.05) is 24.3 Å². The standard InChI is InChI=1S/C23H37N5O2.HI/c1-25-23(27(2)11-12-30-17-18-8-9-18)26-14-19-5-3-6-20(13-19)15-28-10-4-7-21(16-28)22(24)29;/h3,5-6,13,18,21H,4,7-12,14-17H2,1-2H3,(H2,24,29)(H,25,26);1H. The summed E-state index contributed by atoms with van der Waals surface area (Å²) < 4.78 is 5.74. The Morgan fingerprint density at radius 3 is 2.81 bits per heavy atom. The fourth-order valence-electron chi connectivity index (χ4n) is 3.94. The van der Waals surface area contributed by atoms with Crippen molar-refractivity contribution in [3.63, 3.8) is 0 Å². The van der Waals surface area contributed by atoms with E-state index in [0.717, 1.165) is 70.7 Å². The van der Waals surface area contributed by atoms with E-state index in [0.29, 0.717) is 0 Å². The molecule has 1 atom stereocenters. The van der Waals surface area contributed by atoms with E-state index < -0.39 is 0 Å². The summed E-state index contributed by atoms with van der Waals surface area (Å²) in [7, 11) is 3.85. The lowest BCUT2D eigenvalue weighted by atomic mass is 9.97. The summed E-state index contributed by atoms with van der Waals surface area (Å²) in [5.41, 5.74) is 7.99. The van der Waals surface area contributed by atoms with E-state index in [1.54, 1.807) is 0 Å². The Labute approximate surface area is 203 Å². The average molecular weight is 543 g/mol. The number of aliphatic imine (C=N–C) groups is 1. The third-order valence-corrected chi connectivity index (χ3v) is 5.95. The van der Waals surface area contributed by atoms with E-state index in [4.69, 9.17) is 10.5 Å². The minimum Gasteiger partial charge on any atom is -0.379 e. The lowest BCUT2D eigenvalue weighted by molar-refractivity contribution is -0.123. The summed E-state index contributed by atoms with van der Waals surface area (Å²) in [6.07, 6.45) is 4.58. The molecule has 1 saturated carbocycles. The Morgan fingerprint density at radius 1 is 1.32 bits per heavy atom. The van der Waals surface area contributed by atoms with Crippen molar-refractivity contribution in [3.05, 3.63) is 35.4 Å². The maximum absolute atomic E-state index is 11.5. The van der Waals surface area contributed by atoms with Crippen molar-refractivity contribution in [2.24, 2.45) is 22.6 Å². The van der Waals surface area contributed by atoms with E-state index in [9.17, 15) is 4.79 Å². The van der Waals surface area contributed by atoms with Gasteiger partial charge in [0.25, 0.3) is 0 Å². The molecule has 1 aliphatic heterocycles. The molecule has 174 valence electrons. The fourth-order valence-corrected chi connectivity index (χ4v) is 3.94. The van der Waals surface area contributed by atoms with Gasteiger partial charge < -0.3 is 20.7 Å². The molecule has 8 heteroatoms. The van der Waals surface area contributed by atoms with Gasteiger partial charge in [-0.15, -0.1) is 24.0 Å². The van der Waals surface area contributed by atoms with Gasteiger partial charge in [0.1, 0.15) is 0 Å². The monoisotopic (exact) mass is 543 g/mol. The highest BCUT2D eigenvalue weighted by Crippen LogP contribution is 2.28. The van der Waals surface area contributed by atoms with E-state index in [1.807, 2.05) is 14.1 Å². The van der Waals surface area contributed by atoms with Crippen molar-refractivity contribution < 1.29 is 9.53 Å². The average Bonchev–Trinajstić information content (AvgIpc) is 3.56. The van der Waals surface area contributed by atoms with E-state index in [2.05, 4.69) is 44.4 Å². The number of nitrogens with zero attached hydrogens (tertiary/aromatic N) is 3. The molecule has 0 spiro atoms. The van der Waals surface area contributed by atoms with Crippen LogP contribution in [0.25, 0.3) is 0 Å². The molecule has 3 rings (SSSR count). The molecule has 2 fully saturated rings. The van der Waals surface area contributed by atoms with Gasteiger partial charge in [0, 0.05) is 46.9 Å². The van der Waals surface area contributed by atoms with Gasteiger partial charge in [0.15, 0.2) is 5.96 Å². The van der Waals surface area contributed by atoms with Crippen LogP contribution < -0.4 is 11.1 Å². The van der Waals surface area contributed by atoms with Crippen LogP contribution in [0.3, 0.4) is 0 Å². The quantitative estimate of drug-likeness (QED) is 0.205. The Balaban J connectivity index is 0.00000341. The van der Waals surface area contributed by atoms with Crippen LogP contribution in [0.1, 0.15) is 36.8 Å². The van der Waals surface area contributed by atoms with Crippen LogP contribution in [0, 0.1) is 11.8 Å². The van der Waals surface area contributed by atoms with Crippen molar-refractivity contribution in [2.45, 2.75) is 38.8 Å². The molecule has 1 aromatic rings. The Hall–Kier alpha value is -1.39. The lowest BCUT2D eigenvalue weighted by Crippen LogP contribution is -2.40. The SMILES string of the molecule is CN=C(NCc1cccc(CN2CCCC(C(N)=O)C2)c1)N(C)CCOCC1CC1.I. The highest BCUT2D eigenvalue weighted by molar-refractivity contribution is 14.0. The first kappa shape index (κ1) is 25.9. The molecule has 1 amide bonds. The second-order valence-corrected chi connectivity index (χ2v) is 8.64. The first-order chi connectivity index (χ1) is 14.5. The summed E-state index contributed by atoms with van der Waals surface area (Å²) in [5.74, 6) is 1.48. The first-order valence-electron chi connectivity index (χ1n) is 11.1. The summed E-state index contributed by atoms with van der Waals surface area (Å²) >= 11 is 0. The number of benzene rings is 1. The summed E-state index contributed by atoms with van der Waals surface area (Å²) in [5, 5.41) is 3.45. The molecule has 3 N–H and O–H groups in total. The minimum atomic E-state index is -0.175. The zero-order valence-corrected chi connectivity index (χ0v) is 21.2. The van der Waals surface area contributed by atoms with Crippen LogP contribution in [0.5, 0.6) is 0 Å². The molecule has 0 radical (unpaired) electrons. The number of piperidine rings is 1. The van der Waals surface area contributed by atoms with Gasteiger partial charge in [0.05, 0.1) is 12.5 Å². The number of likely N-dealkylation sites (N-methyl/N-ethyl adjacent to an activating group) is 1. The Morgan fingerprint density at radius 2 is 2.10 bits per heavy atom. The van der Waals surface area contributed by atoms with Crippen LogP contribution in [-0.4, -0.2) is 68.6 Å². The van der Waals surface area contributed by atoms with Gasteiger partial charge >= 0.3 is 0 Å². The third kappa shape index (κ3) is 8.94. The Bertz CT molecular complexity index is 726. The number of rotatable bonds is 10. The van der Waals surface area contributed by atoms with Crippen molar-refractivity contribution in [1.29, 1.82) is 0 Å². The summed E-state index contributed by atoms with van der Waals surface area (Å²) in [6.45, 7) is 5.80. The maximum Gasteiger partial charge on any atom is 0.221 e. The zero-order chi connectivity index (χ0) is 21.3. The number of halogens is 1. The number of nitrogens with two attached hydrogens (primary N) is 1. The van der Waals surface area contributed by atoms with Crippen LogP contribution in [0.2, 0.25) is 0 Å². The van der Waals surface area contributed by atoms with E-state index in [1.165, 1.54) is 24.0 Å². The highest BCUT2D eigenvalue weighted by Gasteiger charge is 2.24. The van der Waals surface area contributed by atoms with Gasteiger partial charge in [-0.2, -0.15) is 0 Å². The summed E-state index contributed by atoms with van der Waals surface area (Å²) in [4.78, 5) is 20.4. The maximum atomic E-state index is 11.5. The van der Waals surface area contributed by atoms with Crippen LogP contribution >= 0.6 is 24.0 Å². The lowest BCUT2D eigenvalue weighted by Gasteiger charge is -2.31. The number of amides is 1. The first-order valence-corrected chi connectivity index (χ1v) is 11.1. The van der Waals surface area contributed by atoms with Crippen LogP contribution in [0.15, 0.2) is 29.3 Å². The fraction of sp³-hybridized carbons (Fsp3) is 0.652. The largest absolute Gasteiger partial charge is 0.379 e. The number of hydrogen-bond acceptors (Lipinski definition) is 4. The van der Waals surface area contributed by atoms with Crippen LogP contribution in [-0.2, 0) is 22.6 Å². The molecule has 2 aliphatic rings. The van der Waals surface area contributed by atoms with Crippen molar-refractivity contribution in [3.8, 4) is 0 Å². The van der Waals surface area contributed by atoms with Crippen LogP contribution in [0.4, 0.5) is 0 Å². The number of hydrogen-bond donors (Lipinski definition) is 2. The van der Waals surface area contributed by atoms with E-state index >= 15 is 0 Å². The van der Waals surface area contributed by atoms with E-state index in [-0.39, 0.29) is 35.8 Å². The molecule has 1 heterocycles. The normalized spacial score (nSPS) is 19.5. The number of carbonyl (C=O) groups is 1. The number of carbonyl (C=O) groups excluding carboxylic acids is 1. The number of guanidine groups is 1. The highest BCUT2D eigenvalue weighted by atomic mass is 127. The molecule has 0 bridgehead atoms. The molecule has 31 heavy (non-hydrogen) atoms. The summed E-state index contributed by atoms with van der Waals surface area (Å²) in [6, 6.07) is 8.60. The number of ether oxygens (including phenoxy) is 1.